The van der Waals surface area contributed by atoms with Gasteiger partial charge in [-0.15, -0.1) is 0 Å². The van der Waals surface area contributed by atoms with Crippen LogP contribution in [0.1, 0.15) is 33.6 Å². The second-order valence-electron chi connectivity index (χ2n) is 6.40. The van der Waals surface area contributed by atoms with Gasteiger partial charge < -0.3 is 20.1 Å². The third kappa shape index (κ3) is 4.55. The van der Waals surface area contributed by atoms with Crippen LogP contribution in [-0.4, -0.2) is 60.3 Å². The molecule has 6 heteroatoms. The second kappa shape index (κ2) is 7.74. The maximum atomic E-state index is 12.0. The molecular weight excluding hydrogens is 284 g/mol. The molecule has 1 saturated heterocycles. The van der Waals surface area contributed by atoms with Gasteiger partial charge in [-0.25, -0.2) is 0 Å². The van der Waals surface area contributed by atoms with Crippen LogP contribution in [0, 0.1) is 5.41 Å². The summed E-state index contributed by atoms with van der Waals surface area (Å²) in [6, 6.07) is 0. The molecule has 0 aromatic heterocycles. The molecule has 0 radical (unpaired) electrons. The van der Waals surface area contributed by atoms with Crippen molar-refractivity contribution in [3.63, 3.8) is 0 Å². The molecule has 1 heterocycles. The predicted molar refractivity (Wildman–Crippen MR) is 84.2 cm³/mol. The van der Waals surface area contributed by atoms with Gasteiger partial charge in [-0.05, 0) is 25.8 Å². The summed E-state index contributed by atoms with van der Waals surface area (Å²) in [6.07, 6.45) is 2.67. The fraction of sp³-hybridized carbons (Fsp3) is 0.750. The van der Waals surface area contributed by atoms with Gasteiger partial charge in [0.25, 0.3) is 0 Å². The standard InChI is InChI=1S/C16H28N2O4/c1-5-14(20)18(6-2)10-13(19)17-11-15(3,4)16(21)8-7-9-22-12-16/h5,21H,1,6-12H2,2-4H3,(H,17,19). The molecular formula is C16H28N2O4. The normalized spacial score (nSPS) is 22.0. The zero-order chi connectivity index (χ0) is 16.8. The molecule has 1 aliphatic rings. The van der Waals surface area contributed by atoms with E-state index in [0.29, 0.717) is 26.1 Å². The summed E-state index contributed by atoms with van der Waals surface area (Å²) in [5.74, 6) is -0.512. The molecule has 0 bridgehead atoms. The average molecular weight is 312 g/mol. The van der Waals surface area contributed by atoms with Crippen molar-refractivity contribution < 1.29 is 19.4 Å². The number of ether oxygens (including phenoxy) is 1. The van der Waals surface area contributed by atoms with Crippen LogP contribution in [0.5, 0.6) is 0 Å². The molecule has 1 unspecified atom stereocenters. The molecule has 1 atom stereocenters. The van der Waals surface area contributed by atoms with E-state index in [0.717, 1.165) is 6.42 Å². The van der Waals surface area contributed by atoms with Crippen LogP contribution in [0.2, 0.25) is 0 Å². The zero-order valence-electron chi connectivity index (χ0n) is 13.9. The highest BCUT2D eigenvalue weighted by Gasteiger charge is 2.44. The average Bonchev–Trinajstić information content (AvgIpc) is 2.50. The molecule has 22 heavy (non-hydrogen) atoms. The number of nitrogens with one attached hydrogen (secondary N) is 1. The number of hydrogen-bond acceptors (Lipinski definition) is 4. The number of carbonyl (C=O) groups excluding carboxylic acids is 2. The van der Waals surface area contributed by atoms with E-state index >= 15 is 0 Å². The maximum absolute atomic E-state index is 12.0. The number of aliphatic hydroxyl groups is 1. The van der Waals surface area contributed by atoms with E-state index in [2.05, 4.69) is 11.9 Å². The fourth-order valence-electron chi connectivity index (χ4n) is 2.50. The Balaban J connectivity index is 2.54. The highest BCUT2D eigenvalue weighted by atomic mass is 16.5. The van der Waals surface area contributed by atoms with Crippen LogP contribution in [0.15, 0.2) is 12.7 Å². The fourth-order valence-corrected chi connectivity index (χ4v) is 2.50. The molecule has 126 valence electrons. The Morgan fingerprint density at radius 3 is 2.68 bits per heavy atom. The minimum atomic E-state index is -0.945. The number of nitrogens with zero attached hydrogens (tertiary/aromatic N) is 1. The molecule has 1 fully saturated rings. The maximum Gasteiger partial charge on any atom is 0.246 e. The number of likely N-dealkylation sites (N-methyl/N-ethyl adjacent to an activating group) is 1. The smallest absolute Gasteiger partial charge is 0.246 e. The second-order valence-corrected chi connectivity index (χ2v) is 6.40. The first-order chi connectivity index (χ1) is 10.3. The van der Waals surface area contributed by atoms with E-state index < -0.39 is 11.0 Å². The third-order valence-corrected chi connectivity index (χ3v) is 4.41. The molecule has 0 aromatic rings. The summed E-state index contributed by atoms with van der Waals surface area (Å²) in [5.41, 5.74) is -1.46. The molecule has 2 N–H and O–H groups in total. The summed E-state index contributed by atoms with van der Waals surface area (Å²) in [4.78, 5) is 25.0. The topological polar surface area (TPSA) is 78.9 Å². The Kier molecular flexibility index (Phi) is 6.56. The molecule has 0 aliphatic carbocycles. The van der Waals surface area contributed by atoms with E-state index in [1.54, 1.807) is 6.92 Å². The van der Waals surface area contributed by atoms with Gasteiger partial charge in [-0.3, -0.25) is 9.59 Å². The molecule has 1 rings (SSSR count). The Morgan fingerprint density at radius 2 is 2.18 bits per heavy atom. The highest BCUT2D eigenvalue weighted by molar-refractivity contribution is 5.90. The SMILES string of the molecule is C=CC(=O)N(CC)CC(=O)NCC(C)(C)C1(O)CCCOC1. The van der Waals surface area contributed by atoms with Crippen LogP contribution in [0.3, 0.4) is 0 Å². The molecule has 2 amide bonds. The molecule has 0 aromatic carbocycles. The zero-order valence-corrected chi connectivity index (χ0v) is 13.9. The lowest BCUT2D eigenvalue weighted by atomic mass is 9.72. The molecule has 1 aliphatic heterocycles. The number of rotatable bonds is 7. The van der Waals surface area contributed by atoms with Gasteiger partial charge in [0.15, 0.2) is 0 Å². The largest absolute Gasteiger partial charge is 0.387 e. The van der Waals surface area contributed by atoms with Gasteiger partial charge in [0, 0.05) is 25.1 Å². The van der Waals surface area contributed by atoms with Gasteiger partial charge in [-0.2, -0.15) is 0 Å². The summed E-state index contributed by atoms with van der Waals surface area (Å²) in [7, 11) is 0. The van der Waals surface area contributed by atoms with Crippen molar-refractivity contribution in [1.82, 2.24) is 10.2 Å². The van der Waals surface area contributed by atoms with Gasteiger partial charge in [0.1, 0.15) is 0 Å². The van der Waals surface area contributed by atoms with E-state index in [4.69, 9.17) is 4.74 Å². The number of carbonyl (C=O) groups is 2. The summed E-state index contributed by atoms with van der Waals surface area (Å²) in [5, 5.41) is 13.5. The van der Waals surface area contributed by atoms with Crippen molar-refractivity contribution in [3.8, 4) is 0 Å². The summed E-state index contributed by atoms with van der Waals surface area (Å²) < 4.78 is 5.38. The van der Waals surface area contributed by atoms with Crippen molar-refractivity contribution in [2.24, 2.45) is 5.41 Å². The van der Waals surface area contributed by atoms with Gasteiger partial charge >= 0.3 is 0 Å². The van der Waals surface area contributed by atoms with Gasteiger partial charge in [0.2, 0.25) is 11.8 Å². The van der Waals surface area contributed by atoms with E-state index in [1.807, 2.05) is 13.8 Å². The molecule has 6 nitrogen and oxygen atoms in total. The minimum absolute atomic E-state index is 0.00758. The van der Waals surface area contributed by atoms with Crippen LogP contribution in [0.4, 0.5) is 0 Å². The summed E-state index contributed by atoms with van der Waals surface area (Å²) >= 11 is 0. The Labute approximate surface area is 132 Å². The summed E-state index contributed by atoms with van der Waals surface area (Å²) in [6.45, 7) is 10.8. The van der Waals surface area contributed by atoms with Crippen molar-refractivity contribution >= 4 is 11.8 Å². The number of hydrogen-bond donors (Lipinski definition) is 2. The van der Waals surface area contributed by atoms with Gasteiger partial charge in [-0.1, -0.05) is 20.4 Å². The van der Waals surface area contributed by atoms with E-state index in [1.165, 1.54) is 11.0 Å². The first kappa shape index (κ1) is 18.6. The lowest BCUT2D eigenvalue weighted by Gasteiger charge is -2.45. The van der Waals surface area contributed by atoms with Crippen LogP contribution in [0.25, 0.3) is 0 Å². The van der Waals surface area contributed by atoms with Crippen molar-refractivity contribution in [2.75, 3.05) is 32.8 Å². The number of amides is 2. The lowest BCUT2D eigenvalue weighted by Crippen LogP contribution is -2.56. The van der Waals surface area contributed by atoms with Crippen LogP contribution in [-0.2, 0) is 14.3 Å². The first-order valence-corrected chi connectivity index (χ1v) is 7.74. The monoisotopic (exact) mass is 312 g/mol. The van der Waals surface area contributed by atoms with Crippen LogP contribution >= 0.6 is 0 Å². The Bertz CT molecular complexity index is 414. The molecule has 0 saturated carbocycles. The van der Waals surface area contributed by atoms with E-state index in [-0.39, 0.29) is 25.0 Å². The first-order valence-electron chi connectivity index (χ1n) is 7.74. The Hall–Kier alpha value is -1.40. The lowest BCUT2D eigenvalue weighted by molar-refractivity contribution is -0.151. The Morgan fingerprint density at radius 1 is 1.50 bits per heavy atom. The van der Waals surface area contributed by atoms with Crippen molar-refractivity contribution in [3.05, 3.63) is 12.7 Å². The predicted octanol–water partition coefficient (Wildman–Crippen LogP) is 0.705. The van der Waals surface area contributed by atoms with Crippen molar-refractivity contribution in [2.45, 2.75) is 39.2 Å². The minimum Gasteiger partial charge on any atom is -0.387 e. The molecule has 0 spiro atoms. The van der Waals surface area contributed by atoms with E-state index in [9.17, 15) is 14.7 Å². The van der Waals surface area contributed by atoms with Crippen molar-refractivity contribution in [1.29, 1.82) is 0 Å². The highest BCUT2D eigenvalue weighted by Crippen LogP contribution is 2.36. The van der Waals surface area contributed by atoms with Crippen LogP contribution < -0.4 is 5.32 Å². The van der Waals surface area contributed by atoms with Gasteiger partial charge in [0.05, 0.1) is 18.8 Å². The third-order valence-electron chi connectivity index (χ3n) is 4.41. The quantitative estimate of drug-likeness (QED) is 0.679.